The number of nitrogens with one attached hydrogen (secondary N) is 1. The van der Waals surface area contributed by atoms with E-state index in [4.69, 9.17) is 26.4 Å². The number of hydrogen-bond acceptors (Lipinski definition) is 9. The number of benzene rings is 1. The number of primary amides is 1. The number of nitrogens with two attached hydrogens (primary N) is 2. The molecule has 11 heteroatoms. The summed E-state index contributed by atoms with van der Waals surface area (Å²) in [6.45, 7) is 4.41. The fraction of sp³-hybridized carbons (Fsp3) is 0.280. The van der Waals surface area contributed by atoms with Crippen LogP contribution in [0.25, 0.3) is 33.3 Å². The zero-order chi connectivity index (χ0) is 24.6. The number of piperidine rings is 1. The zero-order valence-electron chi connectivity index (χ0n) is 19.5. The molecule has 2 aliphatic rings. The van der Waals surface area contributed by atoms with E-state index in [-0.39, 0.29) is 5.41 Å². The summed E-state index contributed by atoms with van der Waals surface area (Å²) in [5.74, 6) is 1.24. The van der Waals surface area contributed by atoms with E-state index in [1.165, 1.54) is 5.01 Å². The molecule has 36 heavy (non-hydrogen) atoms. The summed E-state index contributed by atoms with van der Waals surface area (Å²) in [5.41, 5.74) is 16.6. The van der Waals surface area contributed by atoms with E-state index in [2.05, 4.69) is 25.5 Å². The van der Waals surface area contributed by atoms with Gasteiger partial charge in [-0.05, 0) is 30.9 Å². The van der Waals surface area contributed by atoms with Crippen molar-refractivity contribution in [3.05, 3.63) is 58.3 Å². The highest BCUT2D eigenvalue weighted by molar-refractivity contribution is 7.09. The number of nitrogens with zero attached hydrogens (tertiary/aromatic N) is 6. The number of aryl methyl sites for hydroxylation is 1. The number of carbonyl (C=O) groups is 1. The highest BCUT2D eigenvalue weighted by atomic mass is 32.1. The number of rotatable bonds is 5. The Kier molecular flexibility index (Phi) is 4.45. The van der Waals surface area contributed by atoms with E-state index >= 15 is 0 Å². The van der Waals surface area contributed by atoms with Crippen molar-refractivity contribution >= 4 is 45.1 Å². The van der Waals surface area contributed by atoms with Gasteiger partial charge in [-0.3, -0.25) is 14.9 Å². The molecule has 5 aromatic rings. The molecule has 1 amide bonds. The van der Waals surface area contributed by atoms with Crippen molar-refractivity contribution < 1.29 is 4.79 Å². The molecule has 1 aromatic carbocycles. The average molecular weight is 498 g/mol. The molecule has 5 heterocycles. The number of aromatic amines is 1. The molecule has 1 saturated heterocycles. The van der Waals surface area contributed by atoms with Crippen LogP contribution in [0.1, 0.15) is 21.1 Å². The van der Waals surface area contributed by atoms with Gasteiger partial charge in [-0.2, -0.15) is 5.10 Å². The SMILES string of the molecule is Cc1csc(C2(CN)[C@@H]3CN(c4cnc5c(-c6ccc(C(N)=O)c7ncccc67)[nH]nc5n4)C[C@@H]32)n1. The van der Waals surface area contributed by atoms with Gasteiger partial charge >= 0.3 is 0 Å². The number of aromatic nitrogens is 6. The molecule has 0 spiro atoms. The van der Waals surface area contributed by atoms with Crippen LogP contribution in [0.15, 0.2) is 42.0 Å². The molecule has 10 nitrogen and oxygen atoms in total. The van der Waals surface area contributed by atoms with E-state index in [1.54, 1.807) is 23.6 Å². The maximum Gasteiger partial charge on any atom is 0.250 e. The van der Waals surface area contributed by atoms with Crippen molar-refractivity contribution in [3.63, 3.8) is 0 Å². The lowest BCUT2D eigenvalue weighted by Gasteiger charge is -2.25. The number of H-pyrrole nitrogens is 1. The second kappa shape index (κ2) is 7.52. The molecule has 4 aromatic heterocycles. The second-order valence-electron chi connectivity index (χ2n) is 9.58. The standard InChI is InChI=1S/C25H23N9OS/c1-12-10-36-24(30-12)25(11-26)16-8-34(9-17(16)25)18-7-29-21-20(32-33-23(21)31-18)14-4-5-15(22(27)35)19-13(14)3-2-6-28-19/h2-7,10,16-17H,8-9,11,26H2,1H3,(H2,27,35)(H,31,32,33)/t16-,17+,25?. The van der Waals surface area contributed by atoms with Crippen molar-refractivity contribution in [1.82, 2.24) is 30.1 Å². The van der Waals surface area contributed by atoms with Crippen molar-refractivity contribution in [1.29, 1.82) is 0 Å². The molecular weight excluding hydrogens is 474 g/mol. The first-order valence-electron chi connectivity index (χ1n) is 11.8. The van der Waals surface area contributed by atoms with Gasteiger partial charge in [-0.15, -0.1) is 11.3 Å². The smallest absolute Gasteiger partial charge is 0.250 e. The minimum Gasteiger partial charge on any atom is -0.366 e. The largest absolute Gasteiger partial charge is 0.366 e. The Labute approximate surface area is 209 Å². The first kappa shape index (κ1) is 21.3. The number of anilines is 1. The minimum atomic E-state index is -0.517. The van der Waals surface area contributed by atoms with Gasteiger partial charge in [-0.1, -0.05) is 12.1 Å². The first-order chi connectivity index (χ1) is 17.5. The molecule has 1 aliphatic carbocycles. The lowest BCUT2D eigenvalue weighted by atomic mass is 10.0. The Balaban J connectivity index is 1.20. The molecule has 5 N–H and O–H groups in total. The molecule has 1 aliphatic heterocycles. The third-order valence-electron chi connectivity index (χ3n) is 7.77. The lowest BCUT2D eigenvalue weighted by molar-refractivity contribution is 0.100. The van der Waals surface area contributed by atoms with E-state index < -0.39 is 5.91 Å². The van der Waals surface area contributed by atoms with E-state index in [9.17, 15) is 4.79 Å². The third-order valence-corrected chi connectivity index (χ3v) is 8.92. The maximum absolute atomic E-state index is 11.9. The zero-order valence-corrected chi connectivity index (χ0v) is 20.3. The molecule has 1 saturated carbocycles. The Bertz CT molecular complexity index is 1660. The normalized spacial score (nSPS) is 22.9. The van der Waals surface area contributed by atoms with Crippen LogP contribution in [-0.4, -0.2) is 55.7 Å². The molecule has 0 bridgehead atoms. The Morgan fingerprint density at radius 3 is 2.75 bits per heavy atom. The summed E-state index contributed by atoms with van der Waals surface area (Å²) >= 11 is 1.72. The Hall–Kier alpha value is -3.96. The van der Waals surface area contributed by atoms with Crippen molar-refractivity contribution in [2.45, 2.75) is 12.3 Å². The molecular formula is C25H23N9OS. The number of pyridine rings is 1. The summed E-state index contributed by atoms with van der Waals surface area (Å²) < 4.78 is 0. The third kappa shape index (κ3) is 2.86. The van der Waals surface area contributed by atoms with Crippen LogP contribution >= 0.6 is 11.3 Å². The maximum atomic E-state index is 11.9. The summed E-state index contributed by atoms with van der Waals surface area (Å²) in [5, 5.41) is 11.6. The lowest BCUT2D eigenvalue weighted by Crippen LogP contribution is -2.35. The highest BCUT2D eigenvalue weighted by Crippen LogP contribution is 2.63. The molecule has 0 radical (unpaired) electrons. The Morgan fingerprint density at radius 1 is 1.19 bits per heavy atom. The Morgan fingerprint density at radius 2 is 2.03 bits per heavy atom. The molecule has 2 fully saturated rings. The van der Waals surface area contributed by atoms with Crippen molar-refractivity contribution in [3.8, 4) is 11.3 Å². The van der Waals surface area contributed by atoms with Crippen LogP contribution in [0, 0.1) is 18.8 Å². The van der Waals surface area contributed by atoms with Gasteiger partial charge in [0.05, 0.1) is 23.0 Å². The monoisotopic (exact) mass is 497 g/mol. The number of amides is 1. The van der Waals surface area contributed by atoms with Crippen molar-refractivity contribution in [2.75, 3.05) is 24.5 Å². The van der Waals surface area contributed by atoms with E-state index in [0.717, 1.165) is 41.2 Å². The van der Waals surface area contributed by atoms with Gasteiger partial charge in [-0.25, -0.2) is 15.0 Å². The van der Waals surface area contributed by atoms with Crippen LogP contribution in [0.2, 0.25) is 0 Å². The second-order valence-corrected chi connectivity index (χ2v) is 10.4. The molecule has 3 atom stereocenters. The molecule has 1 unspecified atom stereocenters. The summed E-state index contributed by atoms with van der Waals surface area (Å²) in [6.07, 6.45) is 3.45. The minimum absolute atomic E-state index is 0.00136. The van der Waals surface area contributed by atoms with Gasteiger partial charge in [0, 0.05) is 53.3 Å². The number of hydrogen-bond donors (Lipinski definition) is 3. The predicted molar refractivity (Wildman–Crippen MR) is 138 cm³/mol. The van der Waals surface area contributed by atoms with Gasteiger partial charge in [0.15, 0.2) is 0 Å². The fourth-order valence-electron chi connectivity index (χ4n) is 5.91. The van der Waals surface area contributed by atoms with Gasteiger partial charge < -0.3 is 16.4 Å². The molecule has 7 rings (SSSR count). The average Bonchev–Trinajstić information content (AvgIpc) is 3.38. The quantitative estimate of drug-likeness (QED) is 0.335. The van der Waals surface area contributed by atoms with Gasteiger partial charge in [0.25, 0.3) is 5.91 Å². The summed E-state index contributed by atoms with van der Waals surface area (Å²) in [6, 6.07) is 7.26. The number of thiazole rings is 1. The predicted octanol–water partition coefficient (Wildman–Crippen LogP) is 2.39. The van der Waals surface area contributed by atoms with Crippen molar-refractivity contribution in [2.24, 2.45) is 23.3 Å². The van der Waals surface area contributed by atoms with Crippen LogP contribution in [0.3, 0.4) is 0 Å². The number of fused-ring (bicyclic) bond motifs is 3. The van der Waals surface area contributed by atoms with E-state index in [0.29, 0.717) is 40.6 Å². The fourth-order valence-corrected chi connectivity index (χ4v) is 7.05. The topological polar surface area (TPSA) is 153 Å². The first-order valence-corrected chi connectivity index (χ1v) is 12.7. The van der Waals surface area contributed by atoms with Gasteiger partial charge in [0.1, 0.15) is 16.3 Å². The van der Waals surface area contributed by atoms with Crippen LogP contribution in [-0.2, 0) is 5.41 Å². The highest BCUT2D eigenvalue weighted by Gasteiger charge is 2.69. The van der Waals surface area contributed by atoms with Gasteiger partial charge in [0.2, 0.25) is 5.65 Å². The summed E-state index contributed by atoms with van der Waals surface area (Å²) in [7, 11) is 0. The van der Waals surface area contributed by atoms with Crippen LogP contribution in [0.5, 0.6) is 0 Å². The van der Waals surface area contributed by atoms with E-state index in [1.807, 2.05) is 31.3 Å². The van der Waals surface area contributed by atoms with Crippen LogP contribution in [0.4, 0.5) is 5.82 Å². The molecule has 180 valence electrons. The number of carbonyl (C=O) groups excluding carboxylic acids is 1. The summed E-state index contributed by atoms with van der Waals surface area (Å²) in [4.78, 5) is 32.8. The van der Waals surface area contributed by atoms with Crippen LogP contribution < -0.4 is 16.4 Å².